The molecule has 128 valence electrons. The summed E-state index contributed by atoms with van der Waals surface area (Å²) in [5.74, 6) is 1.08. The molecule has 2 aromatic rings. The number of nitrogens with zero attached hydrogens (tertiary/aromatic N) is 5. The second kappa shape index (κ2) is 7.72. The van der Waals surface area contributed by atoms with Crippen LogP contribution in [0.15, 0.2) is 36.1 Å². The van der Waals surface area contributed by atoms with Gasteiger partial charge in [0.1, 0.15) is 5.82 Å². The molecule has 0 saturated carbocycles. The fraction of sp³-hybridized carbons (Fsp3) is 0.471. The zero-order valence-corrected chi connectivity index (χ0v) is 14.9. The van der Waals surface area contributed by atoms with Crippen molar-refractivity contribution < 1.29 is 4.79 Å². The minimum atomic E-state index is 0.194. The first kappa shape index (κ1) is 16.9. The number of carbonyl (C=O) groups is 1. The van der Waals surface area contributed by atoms with Crippen LogP contribution in [0.2, 0.25) is 0 Å². The van der Waals surface area contributed by atoms with Crippen LogP contribution in [0.4, 0.5) is 5.82 Å². The van der Waals surface area contributed by atoms with E-state index < -0.39 is 0 Å². The molecule has 7 heteroatoms. The Bertz CT molecular complexity index is 640. The normalized spacial score (nSPS) is 16.5. The standard InChI is InChI=1S/C17H23N5OS/c1-14(15-4-3-11-24-15)20(2)13-17(23)22-9-7-21(8-10-22)16-12-18-5-6-19-16/h3-6,11-12,14H,7-10,13H2,1-2H3. The highest BCUT2D eigenvalue weighted by atomic mass is 32.1. The van der Waals surface area contributed by atoms with Crippen molar-refractivity contribution in [1.82, 2.24) is 19.8 Å². The Hall–Kier alpha value is -1.99. The van der Waals surface area contributed by atoms with Gasteiger partial charge in [0.25, 0.3) is 0 Å². The van der Waals surface area contributed by atoms with E-state index in [4.69, 9.17) is 0 Å². The Kier molecular flexibility index (Phi) is 5.42. The van der Waals surface area contributed by atoms with Crippen molar-refractivity contribution in [3.05, 3.63) is 41.0 Å². The summed E-state index contributed by atoms with van der Waals surface area (Å²) in [5, 5.41) is 2.08. The van der Waals surface area contributed by atoms with Crippen molar-refractivity contribution in [3.63, 3.8) is 0 Å². The predicted octanol–water partition coefficient (Wildman–Crippen LogP) is 1.88. The quantitative estimate of drug-likeness (QED) is 0.828. The number of piperazine rings is 1. The number of hydrogen-bond acceptors (Lipinski definition) is 6. The maximum atomic E-state index is 12.6. The van der Waals surface area contributed by atoms with Gasteiger partial charge in [0.15, 0.2) is 0 Å². The zero-order valence-electron chi connectivity index (χ0n) is 14.1. The van der Waals surface area contributed by atoms with Crippen LogP contribution in [-0.2, 0) is 4.79 Å². The molecule has 1 aliphatic rings. The molecule has 0 radical (unpaired) electrons. The van der Waals surface area contributed by atoms with E-state index in [-0.39, 0.29) is 11.9 Å². The number of carbonyl (C=O) groups excluding carboxylic acids is 1. The number of likely N-dealkylation sites (N-methyl/N-ethyl adjacent to an activating group) is 1. The third kappa shape index (κ3) is 3.91. The van der Waals surface area contributed by atoms with Gasteiger partial charge < -0.3 is 9.80 Å². The molecule has 1 unspecified atom stereocenters. The zero-order chi connectivity index (χ0) is 16.9. The van der Waals surface area contributed by atoms with Crippen molar-refractivity contribution in [2.45, 2.75) is 13.0 Å². The summed E-state index contributed by atoms with van der Waals surface area (Å²) in [4.78, 5) is 28.5. The van der Waals surface area contributed by atoms with E-state index in [1.807, 2.05) is 11.9 Å². The van der Waals surface area contributed by atoms with Crippen molar-refractivity contribution >= 4 is 23.1 Å². The van der Waals surface area contributed by atoms with Gasteiger partial charge in [0.2, 0.25) is 5.91 Å². The van der Waals surface area contributed by atoms with Crippen LogP contribution in [0.1, 0.15) is 17.8 Å². The van der Waals surface area contributed by atoms with Crippen LogP contribution in [-0.4, -0.2) is 65.4 Å². The van der Waals surface area contributed by atoms with E-state index in [1.165, 1.54) is 4.88 Å². The summed E-state index contributed by atoms with van der Waals surface area (Å²) < 4.78 is 0. The van der Waals surface area contributed by atoms with Crippen molar-refractivity contribution in [2.75, 3.05) is 44.7 Å². The highest BCUT2D eigenvalue weighted by molar-refractivity contribution is 7.10. The van der Waals surface area contributed by atoms with Gasteiger partial charge in [-0.25, -0.2) is 4.98 Å². The lowest BCUT2D eigenvalue weighted by atomic mass is 10.2. The van der Waals surface area contributed by atoms with Crippen LogP contribution >= 0.6 is 11.3 Å². The van der Waals surface area contributed by atoms with Gasteiger partial charge in [0, 0.05) is 49.5 Å². The number of amides is 1. The van der Waals surface area contributed by atoms with E-state index in [9.17, 15) is 4.79 Å². The molecule has 24 heavy (non-hydrogen) atoms. The number of rotatable bonds is 5. The van der Waals surface area contributed by atoms with Gasteiger partial charge in [-0.3, -0.25) is 14.7 Å². The Morgan fingerprint density at radius 1 is 1.33 bits per heavy atom. The van der Waals surface area contributed by atoms with Crippen LogP contribution < -0.4 is 4.90 Å². The Labute approximate surface area is 146 Å². The fourth-order valence-electron chi connectivity index (χ4n) is 2.84. The molecule has 1 saturated heterocycles. The van der Waals surface area contributed by atoms with Crippen molar-refractivity contribution in [2.24, 2.45) is 0 Å². The van der Waals surface area contributed by atoms with Gasteiger partial charge in [-0.15, -0.1) is 11.3 Å². The first-order valence-electron chi connectivity index (χ1n) is 8.17. The van der Waals surface area contributed by atoms with Crippen LogP contribution in [0.5, 0.6) is 0 Å². The summed E-state index contributed by atoms with van der Waals surface area (Å²) in [7, 11) is 2.01. The van der Waals surface area contributed by atoms with Crippen LogP contribution in [0, 0.1) is 0 Å². The SMILES string of the molecule is CC(c1cccs1)N(C)CC(=O)N1CCN(c2cnccn2)CC1. The molecule has 1 amide bonds. The summed E-state index contributed by atoms with van der Waals surface area (Å²) >= 11 is 1.73. The molecule has 1 atom stereocenters. The minimum absolute atomic E-state index is 0.194. The van der Waals surface area contributed by atoms with Crippen molar-refractivity contribution in [1.29, 1.82) is 0 Å². The van der Waals surface area contributed by atoms with Gasteiger partial charge in [-0.1, -0.05) is 6.07 Å². The lowest BCUT2D eigenvalue weighted by Crippen LogP contribution is -2.51. The summed E-state index contributed by atoms with van der Waals surface area (Å²) in [6.45, 7) is 5.66. The number of thiophene rings is 1. The summed E-state index contributed by atoms with van der Waals surface area (Å²) in [5.41, 5.74) is 0. The van der Waals surface area contributed by atoms with E-state index in [0.717, 1.165) is 32.0 Å². The Morgan fingerprint density at radius 2 is 2.12 bits per heavy atom. The molecule has 0 N–H and O–H groups in total. The number of hydrogen-bond donors (Lipinski definition) is 0. The molecule has 0 aliphatic carbocycles. The molecule has 2 aromatic heterocycles. The first-order chi connectivity index (χ1) is 11.6. The third-order valence-electron chi connectivity index (χ3n) is 4.51. The third-order valence-corrected chi connectivity index (χ3v) is 5.55. The molecule has 0 bridgehead atoms. The topological polar surface area (TPSA) is 52.6 Å². The maximum Gasteiger partial charge on any atom is 0.236 e. The first-order valence-corrected chi connectivity index (χ1v) is 9.05. The molecule has 1 fully saturated rings. The van der Waals surface area contributed by atoms with E-state index >= 15 is 0 Å². The molecule has 6 nitrogen and oxygen atoms in total. The van der Waals surface area contributed by atoms with Gasteiger partial charge in [-0.2, -0.15) is 0 Å². The maximum absolute atomic E-state index is 12.6. The Balaban J connectivity index is 1.50. The van der Waals surface area contributed by atoms with Gasteiger partial charge in [0.05, 0.1) is 12.7 Å². The smallest absolute Gasteiger partial charge is 0.236 e. The summed E-state index contributed by atoms with van der Waals surface area (Å²) in [6, 6.07) is 4.43. The van der Waals surface area contributed by atoms with E-state index in [2.05, 4.69) is 44.2 Å². The highest BCUT2D eigenvalue weighted by Crippen LogP contribution is 2.23. The lowest BCUT2D eigenvalue weighted by molar-refractivity contribution is -0.132. The molecule has 0 aromatic carbocycles. The predicted molar refractivity (Wildman–Crippen MR) is 96.2 cm³/mol. The van der Waals surface area contributed by atoms with Gasteiger partial charge in [-0.05, 0) is 25.4 Å². The number of anilines is 1. The van der Waals surface area contributed by atoms with Gasteiger partial charge >= 0.3 is 0 Å². The second-order valence-electron chi connectivity index (χ2n) is 6.04. The molecule has 3 heterocycles. The average Bonchev–Trinajstić information content (AvgIpc) is 3.16. The van der Waals surface area contributed by atoms with Crippen LogP contribution in [0.25, 0.3) is 0 Å². The second-order valence-corrected chi connectivity index (χ2v) is 7.02. The fourth-order valence-corrected chi connectivity index (χ4v) is 3.68. The Morgan fingerprint density at radius 3 is 2.75 bits per heavy atom. The number of aromatic nitrogens is 2. The summed E-state index contributed by atoms with van der Waals surface area (Å²) in [6.07, 6.45) is 5.15. The largest absolute Gasteiger partial charge is 0.352 e. The minimum Gasteiger partial charge on any atom is -0.352 e. The average molecular weight is 345 g/mol. The molecule has 1 aliphatic heterocycles. The molecular formula is C17H23N5OS. The van der Waals surface area contributed by atoms with E-state index in [0.29, 0.717) is 6.54 Å². The van der Waals surface area contributed by atoms with E-state index in [1.54, 1.807) is 29.9 Å². The highest BCUT2D eigenvalue weighted by Gasteiger charge is 2.24. The lowest BCUT2D eigenvalue weighted by Gasteiger charge is -2.36. The van der Waals surface area contributed by atoms with Crippen molar-refractivity contribution in [3.8, 4) is 0 Å². The molecular weight excluding hydrogens is 322 g/mol. The molecule has 3 rings (SSSR count). The monoisotopic (exact) mass is 345 g/mol. The van der Waals surface area contributed by atoms with Crippen LogP contribution in [0.3, 0.4) is 0 Å². The molecule has 0 spiro atoms.